The monoisotopic (exact) mass is 249 g/mol. The predicted octanol–water partition coefficient (Wildman–Crippen LogP) is 0.960. The van der Waals surface area contributed by atoms with Crippen molar-refractivity contribution < 1.29 is 9.90 Å². The molecule has 0 saturated heterocycles. The lowest BCUT2D eigenvalue weighted by molar-refractivity contribution is 0.0947. The van der Waals surface area contributed by atoms with Crippen LogP contribution >= 0.6 is 11.7 Å². The van der Waals surface area contributed by atoms with Gasteiger partial charge in [-0.15, -0.1) is 0 Å². The highest BCUT2D eigenvalue weighted by molar-refractivity contribution is 6.99. The van der Waals surface area contributed by atoms with Crippen molar-refractivity contribution in [3.05, 3.63) is 47.3 Å². The SMILES string of the molecule is O=C(NCc1ccc(CO)cc1)c1cnsn1. The fourth-order valence-electron chi connectivity index (χ4n) is 1.30. The van der Waals surface area contributed by atoms with Gasteiger partial charge in [-0.1, -0.05) is 24.3 Å². The first kappa shape index (κ1) is 11.7. The number of nitrogens with one attached hydrogen (secondary N) is 1. The van der Waals surface area contributed by atoms with Crippen LogP contribution in [-0.4, -0.2) is 19.8 Å². The van der Waals surface area contributed by atoms with E-state index in [1.54, 1.807) is 0 Å². The molecular weight excluding hydrogens is 238 g/mol. The first-order valence-electron chi connectivity index (χ1n) is 5.04. The lowest BCUT2D eigenvalue weighted by atomic mass is 10.1. The van der Waals surface area contributed by atoms with Crippen LogP contribution in [0, 0.1) is 0 Å². The van der Waals surface area contributed by atoms with Crippen LogP contribution in [0.1, 0.15) is 21.6 Å². The molecule has 0 fully saturated rings. The molecule has 0 aliphatic rings. The van der Waals surface area contributed by atoms with Crippen LogP contribution in [0.3, 0.4) is 0 Å². The Morgan fingerprint density at radius 1 is 1.29 bits per heavy atom. The van der Waals surface area contributed by atoms with Crippen LogP contribution in [0.25, 0.3) is 0 Å². The molecule has 0 aliphatic heterocycles. The molecule has 2 N–H and O–H groups in total. The third kappa shape index (κ3) is 3.08. The second-order valence-corrected chi connectivity index (χ2v) is 4.01. The van der Waals surface area contributed by atoms with Crippen molar-refractivity contribution in [1.82, 2.24) is 14.1 Å². The van der Waals surface area contributed by atoms with E-state index >= 15 is 0 Å². The Morgan fingerprint density at radius 2 is 2.00 bits per heavy atom. The van der Waals surface area contributed by atoms with E-state index in [-0.39, 0.29) is 12.5 Å². The molecule has 0 radical (unpaired) electrons. The second kappa shape index (κ2) is 5.51. The Morgan fingerprint density at radius 3 is 2.59 bits per heavy atom. The molecule has 2 rings (SSSR count). The van der Waals surface area contributed by atoms with E-state index in [1.165, 1.54) is 6.20 Å². The average Bonchev–Trinajstić information content (AvgIpc) is 2.90. The van der Waals surface area contributed by atoms with Crippen molar-refractivity contribution in [2.45, 2.75) is 13.2 Å². The van der Waals surface area contributed by atoms with Gasteiger partial charge in [0.2, 0.25) is 0 Å². The largest absolute Gasteiger partial charge is 0.392 e. The fourth-order valence-corrected chi connectivity index (χ4v) is 1.71. The summed E-state index contributed by atoms with van der Waals surface area (Å²) in [4.78, 5) is 11.6. The summed E-state index contributed by atoms with van der Waals surface area (Å²) in [5.41, 5.74) is 2.16. The van der Waals surface area contributed by atoms with E-state index in [9.17, 15) is 4.79 Å². The molecule has 0 spiro atoms. The molecule has 0 atom stereocenters. The van der Waals surface area contributed by atoms with Gasteiger partial charge in [0.15, 0.2) is 5.69 Å². The Balaban J connectivity index is 1.91. The zero-order chi connectivity index (χ0) is 12.1. The number of amides is 1. The summed E-state index contributed by atoms with van der Waals surface area (Å²) < 4.78 is 7.60. The quantitative estimate of drug-likeness (QED) is 0.846. The van der Waals surface area contributed by atoms with Crippen molar-refractivity contribution >= 4 is 17.6 Å². The first-order chi connectivity index (χ1) is 8.29. The molecule has 17 heavy (non-hydrogen) atoms. The maximum Gasteiger partial charge on any atom is 0.272 e. The highest BCUT2D eigenvalue weighted by Gasteiger charge is 2.07. The van der Waals surface area contributed by atoms with E-state index in [4.69, 9.17) is 5.11 Å². The molecule has 1 aromatic carbocycles. The van der Waals surface area contributed by atoms with Crippen molar-refractivity contribution in [1.29, 1.82) is 0 Å². The smallest absolute Gasteiger partial charge is 0.272 e. The molecule has 0 aliphatic carbocycles. The number of carbonyl (C=O) groups is 1. The van der Waals surface area contributed by atoms with Crippen LogP contribution in [-0.2, 0) is 13.2 Å². The molecule has 0 bridgehead atoms. The van der Waals surface area contributed by atoms with E-state index in [0.29, 0.717) is 12.2 Å². The summed E-state index contributed by atoms with van der Waals surface area (Å²) in [7, 11) is 0. The average molecular weight is 249 g/mol. The summed E-state index contributed by atoms with van der Waals surface area (Å²) >= 11 is 1.01. The van der Waals surface area contributed by atoms with E-state index in [1.807, 2.05) is 24.3 Å². The summed E-state index contributed by atoms with van der Waals surface area (Å²) in [6, 6.07) is 7.38. The topological polar surface area (TPSA) is 75.1 Å². The highest BCUT2D eigenvalue weighted by atomic mass is 32.1. The van der Waals surface area contributed by atoms with Gasteiger partial charge in [0.05, 0.1) is 24.5 Å². The summed E-state index contributed by atoms with van der Waals surface area (Å²) in [5.74, 6) is -0.231. The Kier molecular flexibility index (Phi) is 3.79. The lowest BCUT2D eigenvalue weighted by Crippen LogP contribution is -2.22. The van der Waals surface area contributed by atoms with Gasteiger partial charge in [-0.25, -0.2) is 0 Å². The Labute approximate surface area is 102 Å². The first-order valence-corrected chi connectivity index (χ1v) is 5.77. The van der Waals surface area contributed by atoms with Gasteiger partial charge < -0.3 is 10.4 Å². The maximum absolute atomic E-state index is 11.6. The van der Waals surface area contributed by atoms with Crippen molar-refractivity contribution in [3.63, 3.8) is 0 Å². The zero-order valence-electron chi connectivity index (χ0n) is 8.96. The maximum atomic E-state index is 11.6. The van der Waals surface area contributed by atoms with E-state index in [0.717, 1.165) is 22.9 Å². The van der Waals surface area contributed by atoms with E-state index < -0.39 is 0 Å². The summed E-state index contributed by atoms with van der Waals surface area (Å²) in [6.45, 7) is 0.458. The van der Waals surface area contributed by atoms with Gasteiger partial charge in [-0.2, -0.15) is 8.75 Å². The number of aliphatic hydroxyl groups is 1. The number of aliphatic hydroxyl groups excluding tert-OH is 1. The summed E-state index contributed by atoms with van der Waals surface area (Å²) in [5, 5.41) is 11.6. The number of carbonyl (C=O) groups excluding carboxylic acids is 1. The molecule has 6 heteroatoms. The molecule has 1 aromatic heterocycles. The van der Waals surface area contributed by atoms with Crippen molar-refractivity contribution in [2.24, 2.45) is 0 Å². The number of hydrogen-bond acceptors (Lipinski definition) is 5. The van der Waals surface area contributed by atoms with Crippen LogP contribution in [0.4, 0.5) is 0 Å². The third-order valence-corrected chi connectivity index (χ3v) is 2.73. The molecule has 88 valence electrons. The number of aromatic nitrogens is 2. The lowest BCUT2D eigenvalue weighted by Gasteiger charge is -2.04. The minimum absolute atomic E-state index is 0.0249. The normalized spacial score (nSPS) is 10.2. The Hall–Kier alpha value is -1.79. The van der Waals surface area contributed by atoms with Gasteiger partial charge in [0, 0.05) is 6.54 Å². The number of rotatable bonds is 4. The molecule has 5 nitrogen and oxygen atoms in total. The molecule has 2 aromatic rings. The van der Waals surface area contributed by atoms with Gasteiger partial charge in [-0.05, 0) is 11.1 Å². The highest BCUT2D eigenvalue weighted by Crippen LogP contribution is 2.04. The van der Waals surface area contributed by atoms with Gasteiger partial charge >= 0.3 is 0 Å². The van der Waals surface area contributed by atoms with Gasteiger partial charge in [0.25, 0.3) is 5.91 Å². The molecule has 1 amide bonds. The van der Waals surface area contributed by atoms with Crippen LogP contribution in [0.15, 0.2) is 30.5 Å². The second-order valence-electron chi connectivity index (χ2n) is 3.45. The molecule has 0 unspecified atom stereocenters. The Bertz CT molecular complexity index is 482. The van der Waals surface area contributed by atoms with Gasteiger partial charge in [0.1, 0.15) is 0 Å². The summed E-state index contributed by atoms with van der Waals surface area (Å²) in [6.07, 6.45) is 1.44. The minimum Gasteiger partial charge on any atom is -0.392 e. The third-order valence-electron chi connectivity index (χ3n) is 2.25. The van der Waals surface area contributed by atoms with E-state index in [2.05, 4.69) is 14.1 Å². The molecule has 1 heterocycles. The van der Waals surface area contributed by atoms with Crippen molar-refractivity contribution in [2.75, 3.05) is 0 Å². The van der Waals surface area contributed by atoms with Gasteiger partial charge in [-0.3, -0.25) is 4.79 Å². The zero-order valence-corrected chi connectivity index (χ0v) is 9.78. The standard InChI is InChI=1S/C11H11N3O2S/c15-7-9-3-1-8(2-4-9)5-12-11(16)10-6-13-17-14-10/h1-4,6,15H,5,7H2,(H,12,16). The van der Waals surface area contributed by atoms with Crippen molar-refractivity contribution in [3.8, 4) is 0 Å². The number of hydrogen-bond donors (Lipinski definition) is 2. The van der Waals surface area contributed by atoms with Crippen LogP contribution in [0.5, 0.6) is 0 Å². The number of nitrogens with zero attached hydrogens (tertiary/aromatic N) is 2. The predicted molar refractivity (Wildman–Crippen MR) is 63.4 cm³/mol. The molecular formula is C11H11N3O2S. The van der Waals surface area contributed by atoms with Crippen LogP contribution < -0.4 is 5.32 Å². The minimum atomic E-state index is -0.231. The number of benzene rings is 1. The van der Waals surface area contributed by atoms with Crippen LogP contribution in [0.2, 0.25) is 0 Å². The fraction of sp³-hybridized carbons (Fsp3) is 0.182. The molecule has 0 saturated carbocycles.